The van der Waals surface area contributed by atoms with Gasteiger partial charge in [-0.05, 0) is 0 Å². The van der Waals surface area contributed by atoms with Crippen molar-refractivity contribution in [3.8, 4) is 0 Å². The molecule has 0 aromatic carbocycles. The Labute approximate surface area is 56.5 Å². The number of hydrogen-bond acceptors (Lipinski definition) is 3. The number of carbonyl (C=O) groups is 1. The molecule has 2 unspecified atom stereocenters. The quantitative estimate of drug-likeness (QED) is 0.523. The molecule has 10 heavy (non-hydrogen) atoms. The third-order valence-corrected chi connectivity index (χ3v) is 1.34. The second-order valence-electron chi connectivity index (χ2n) is 2.08. The standard InChI is InChI=1S/C5H7F2NO2/c6-4-1-8(10-3-9)2-5(4)7/h3-5H,1-2H2. The molecule has 58 valence electrons. The number of carbonyl (C=O) groups excluding carboxylic acids is 1. The molecular weight excluding hydrogens is 144 g/mol. The second-order valence-corrected chi connectivity index (χ2v) is 2.08. The average Bonchev–Trinajstić information content (AvgIpc) is 2.14. The van der Waals surface area contributed by atoms with Crippen molar-refractivity contribution in [3.05, 3.63) is 0 Å². The molecule has 1 saturated heterocycles. The van der Waals surface area contributed by atoms with E-state index in [2.05, 4.69) is 4.84 Å². The highest BCUT2D eigenvalue weighted by Crippen LogP contribution is 2.15. The first kappa shape index (κ1) is 7.40. The van der Waals surface area contributed by atoms with Crippen molar-refractivity contribution in [1.29, 1.82) is 0 Å². The number of nitrogens with zero attached hydrogens (tertiary/aromatic N) is 1. The molecule has 0 aromatic rings. The summed E-state index contributed by atoms with van der Waals surface area (Å²) in [6.07, 6.45) is -3.06. The van der Waals surface area contributed by atoms with Gasteiger partial charge in [0.05, 0.1) is 13.1 Å². The summed E-state index contributed by atoms with van der Waals surface area (Å²) < 4.78 is 24.6. The molecule has 1 fully saturated rings. The van der Waals surface area contributed by atoms with E-state index in [0.717, 1.165) is 5.06 Å². The molecule has 1 rings (SSSR count). The highest BCUT2D eigenvalue weighted by atomic mass is 19.2. The molecule has 0 saturated carbocycles. The minimum Gasteiger partial charge on any atom is -0.371 e. The first-order chi connectivity index (χ1) is 4.74. The zero-order chi connectivity index (χ0) is 7.56. The van der Waals surface area contributed by atoms with Crippen LogP contribution < -0.4 is 0 Å². The summed E-state index contributed by atoms with van der Waals surface area (Å²) in [5.74, 6) is 0. The van der Waals surface area contributed by atoms with Crippen molar-refractivity contribution in [1.82, 2.24) is 5.06 Å². The van der Waals surface area contributed by atoms with E-state index in [9.17, 15) is 13.6 Å². The van der Waals surface area contributed by atoms with Gasteiger partial charge >= 0.3 is 6.47 Å². The summed E-state index contributed by atoms with van der Waals surface area (Å²) >= 11 is 0. The van der Waals surface area contributed by atoms with Crippen LogP contribution in [0.2, 0.25) is 0 Å². The van der Waals surface area contributed by atoms with Crippen LogP contribution in [0.1, 0.15) is 0 Å². The van der Waals surface area contributed by atoms with Crippen LogP contribution in [0.4, 0.5) is 8.78 Å². The van der Waals surface area contributed by atoms with E-state index >= 15 is 0 Å². The van der Waals surface area contributed by atoms with Crippen molar-refractivity contribution in [2.24, 2.45) is 0 Å². The lowest BCUT2D eigenvalue weighted by atomic mass is 10.3. The fraction of sp³-hybridized carbons (Fsp3) is 0.800. The maximum absolute atomic E-state index is 12.3. The van der Waals surface area contributed by atoms with Crippen molar-refractivity contribution < 1.29 is 18.4 Å². The third-order valence-electron chi connectivity index (χ3n) is 1.34. The van der Waals surface area contributed by atoms with Gasteiger partial charge in [0, 0.05) is 0 Å². The Morgan fingerprint density at radius 1 is 1.40 bits per heavy atom. The van der Waals surface area contributed by atoms with Gasteiger partial charge in [0.1, 0.15) is 12.3 Å². The topological polar surface area (TPSA) is 29.5 Å². The van der Waals surface area contributed by atoms with E-state index in [1.165, 1.54) is 0 Å². The minimum absolute atomic E-state index is 0.157. The maximum atomic E-state index is 12.3. The summed E-state index contributed by atoms with van der Waals surface area (Å²) in [5.41, 5.74) is 0. The van der Waals surface area contributed by atoms with Gasteiger partial charge in [-0.25, -0.2) is 8.78 Å². The number of hydroxylamine groups is 2. The summed E-state index contributed by atoms with van der Waals surface area (Å²) in [5, 5.41) is 0.961. The van der Waals surface area contributed by atoms with E-state index in [1.54, 1.807) is 0 Å². The minimum atomic E-state index is -1.53. The molecule has 1 aliphatic rings. The molecule has 2 atom stereocenters. The maximum Gasteiger partial charge on any atom is 0.312 e. The Bertz CT molecular complexity index is 123. The van der Waals surface area contributed by atoms with Gasteiger partial charge in [0.25, 0.3) is 0 Å². The molecule has 3 nitrogen and oxygen atoms in total. The molecular formula is C5H7F2NO2. The number of rotatable bonds is 2. The van der Waals surface area contributed by atoms with Gasteiger partial charge in [0.2, 0.25) is 0 Å². The Balaban J connectivity index is 2.33. The van der Waals surface area contributed by atoms with E-state index in [4.69, 9.17) is 0 Å². The van der Waals surface area contributed by atoms with E-state index in [1.807, 2.05) is 0 Å². The summed E-state index contributed by atoms with van der Waals surface area (Å²) in [6.45, 7) is -0.176. The third kappa shape index (κ3) is 1.41. The number of halogens is 2. The highest BCUT2D eigenvalue weighted by Gasteiger charge is 2.33. The predicted molar refractivity (Wildman–Crippen MR) is 28.5 cm³/mol. The summed E-state index contributed by atoms with van der Waals surface area (Å²) in [6, 6.07) is 0. The predicted octanol–water partition coefficient (Wildman–Crippen LogP) is 0.0662. The Kier molecular flexibility index (Phi) is 2.16. The van der Waals surface area contributed by atoms with Gasteiger partial charge in [0.15, 0.2) is 0 Å². The summed E-state index contributed by atoms with van der Waals surface area (Å²) in [7, 11) is 0. The molecule has 1 heterocycles. The van der Waals surface area contributed by atoms with Gasteiger partial charge in [-0.3, -0.25) is 4.79 Å². The normalized spacial score (nSPS) is 34.2. The SMILES string of the molecule is O=CON1CC(F)C(F)C1. The van der Waals surface area contributed by atoms with Crippen LogP contribution in [0.5, 0.6) is 0 Å². The smallest absolute Gasteiger partial charge is 0.312 e. The van der Waals surface area contributed by atoms with E-state index in [-0.39, 0.29) is 19.6 Å². The van der Waals surface area contributed by atoms with Crippen LogP contribution in [0.25, 0.3) is 0 Å². The van der Waals surface area contributed by atoms with Crippen LogP contribution >= 0.6 is 0 Å². The van der Waals surface area contributed by atoms with E-state index < -0.39 is 12.3 Å². The van der Waals surface area contributed by atoms with Crippen LogP contribution in [-0.4, -0.2) is 37.0 Å². The average molecular weight is 151 g/mol. The molecule has 0 aliphatic carbocycles. The van der Waals surface area contributed by atoms with Crippen molar-refractivity contribution in [3.63, 3.8) is 0 Å². The molecule has 0 spiro atoms. The lowest BCUT2D eigenvalue weighted by Crippen LogP contribution is -2.20. The first-order valence-corrected chi connectivity index (χ1v) is 2.87. The Morgan fingerprint density at radius 3 is 2.30 bits per heavy atom. The van der Waals surface area contributed by atoms with Gasteiger partial charge in [-0.2, -0.15) is 0 Å². The van der Waals surface area contributed by atoms with Gasteiger partial charge in [-0.15, -0.1) is 5.06 Å². The number of hydrogen-bond donors (Lipinski definition) is 0. The fourth-order valence-electron chi connectivity index (χ4n) is 0.839. The monoisotopic (exact) mass is 151 g/mol. The fourth-order valence-corrected chi connectivity index (χ4v) is 0.839. The van der Waals surface area contributed by atoms with Crippen LogP contribution in [0.3, 0.4) is 0 Å². The molecule has 5 heteroatoms. The molecule has 0 radical (unpaired) electrons. The lowest BCUT2D eigenvalue weighted by molar-refractivity contribution is -0.169. The van der Waals surface area contributed by atoms with E-state index in [0.29, 0.717) is 0 Å². The van der Waals surface area contributed by atoms with Crippen LogP contribution in [-0.2, 0) is 9.63 Å². The zero-order valence-electron chi connectivity index (χ0n) is 5.17. The second kappa shape index (κ2) is 2.92. The van der Waals surface area contributed by atoms with Crippen LogP contribution in [0.15, 0.2) is 0 Å². The molecule has 0 amide bonds. The van der Waals surface area contributed by atoms with Gasteiger partial charge in [-0.1, -0.05) is 0 Å². The first-order valence-electron chi connectivity index (χ1n) is 2.87. The van der Waals surface area contributed by atoms with Crippen molar-refractivity contribution in [2.75, 3.05) is 13.1 Å². The van der Waals surface area contributed by atoms with Crippen LogP contribution in [0, 0.1) is 0 Å². The van der Waals surface area contributed by atoms with Gasteiger partial charge < -0.3 is 4.84 Å². The highest BCUT2D eigenvalue weighted by molar-refractivity contribution is 5.36. The molecule has 1 aliphatic heterocycles. The molecule has 0 N–H and O–H groups in total. The zero-order valence-corrected chi connectivity index (χ0v) is 5.17. The van der Waals surface area contributed by atoms with Crippen molar-refractivity contribution >= 4 is 6.47 Å². The number of alkyl halides is 2. The molecule has 0 bridgehead atoms. The summed E-state index contributed by atoms with van der Waals surface area (Å²) in [4.78, 5) is 13.9. The molecule has 0 aromatic heterocycles. The van der Waals surface area contributed by atoms with Crippen molar-refractivity contribution in [2.45, 2.75) is 12.3 Å². The largest absolute Gasteiger partial charge is 0.371 e. The lowest BCUT2D eigenvalue weighted by Gasteiger charge is -2.07. The Morgan fingerprint density at radius 2 is 1.90 bits per heavy atom. The Hall–Kier alpha value is -0.710.